The van der Waals surface area contributed by atoms with Crippen LogP contribution >= 0.6 is 0 Å². The molecule has 1 fully saturated rings. The van der Waals surface area contributed by atoms with Gasteiger partial charge in [-0.2, -0.15) is 0 Å². The minimum Gasteiger partial charge on any atom is -0.497 e. The van der Waals surface area contributed by atoms with Gasteiger partial charge in [-0.05, 0) is 36.4 Å². The molecule has 0 radical (unpaired) electrons. The van der Waals surface area contributed by atoms with E-state index in [4.69, 9.17) is 4.74 Å². The van der Waals surface area contributed by atoms with E-state index in [0.717, 1.165) is 22.5 Å². The predicted molar refractivity (Wildman–Crippen MR) is 109 cm³/mol. The highest BCUT2D eigenvalue weighted by molar-refractivity contribution is 6.01. The molecule has 0 unspecified atom stereocenters. The number of hydrogen-bond donors (Lipinski definition) is 0. The van der Waals surface area contributed by atoms with Crippen LogP contribution in [-0.4, -0.2) is 59.7 Å². The van der Waals surface area contributed by atoms with Gasteiger partial charge in [0.2, 0.25) is 11.9 Å². The molecule has 3 amide bonds. The van der Waals surface area contributed by atoms with Crippen LogP contribution < -0.4 is 14.5 Å². The number of hydrogen-bond acceptors (Lipinski definition) is 4. The highest BCUT2D eigenvalue weighted by atomic mass is 16.5. The first-order chi connectivity index (χ1) is 14.2. The Balaban J connectivity index is 1.30. The smallest absolute Gasteiger partial charge is 0.325 e. The molecule has 1 saturated heterocycles. The normalized spacial score (nSPS) is 16.0. The number of carbonyl (C=O) groups excluding carboxylic acids is 2. The molecule has 29 heavy (non-hydrogen) atoms. The van der Waals surface area contributed by atoms with Crippen LogP contribution in [0, 0.1) is 0 Å². The Morgan fingerprint density at radius 2 is 1.83 bits per heavy atom. The maximum Gasteiger partial charge on any atom is 0.325 e. The lowest BCUT2D eigenvalue weighted by Gasteiger charge is -2.21. The van der Waals surface area contributed by atoms with E-state index in [2.05, 4.69) is 9.55 Å². The van der Waals surface area contributed by atoms with Gasteiger partial charge in [-0.3, -0.25) is 14.6 Å². The SMILES string of the molecule is COc1ccc(N2CCN(CC(=O)N3CCn4c3nc3ccccc34)C2=O)cc1. The van der Waals surface area contributed by atoms with Gasteiger partial charge in [0, 0.05) is 31.9 Å². The van der Waals surface area contributed by atoms with Gasteiger partial charge in [0.05, 0.1) is 18.1 Å². The fourth-order valence-corrected chi connectivity index (χ4v) is 4.01. The van der Waals surface area contributed by atoms with Crippen molar-refractivity contribution in [2.24, 2.45) is 0 Å². The van der Waals surface area contributed by atoms with Crippen LogP contribution in [0.3, 0.4) is 0 Å². The van der Waals surface area contributed by atoms with Crippen LogP contribution in [0.1, 0.15) is 0 Å². The number of para-hydroxylation sites is 2. The second-order valence-electron chi connectivity index (χ2n) is 7.15. The van der Waals surface area contributed by atoms with Gasteiger partial charge in [-0.1, -0.05) is 12.1 Å². The van der Waals surface area contributed by atoms with Crippen molar-refractivity contribution in [2.75, 3.05) is 43.1 Å². The molecule has 8 heteroatoms. The first-order valence-electron chi connectivity index (χ1n) is 9.62. The van der Waals surface area contributed by atoms with Crippen molar-refractivity contribution in [2.45, 2.75) is 6.54 Å². The van der Waals surface area contributed by atoms with E-state index in [1.54, 1.807) is 21.8 Å². The third-order valence-corrected chi connectivity index (χ3v) is 5.53. The molecule has 0 atom stereocenters. The van der Waals surface area contributed by atoms with E-state index < -0.39 is 0 Å². The third-order valence-electron chi connectivity index (χ3n) is 5.53. The first-order valence-corrected chi connectivity index (χ1v) is 9.62. The van der Waals surface area contributed by atoms with E-state index in [9.17, 15) is 9.59 Å². The number of rotatable bonds is 4. The van der Waals surface area contributed by atoms with Gasteiger partial charge < -0.3 is 14.2 Å². The summed E-state index contributed by atoms with van der Waals surface area (Å²) in [6, 6.07) is 15.1. The number of urea groups is 1. The topological polar surface area (TPSA) is 70.9 Å². The van der Waals surface area contributed by atoms with Crippen molar-refractivity contribution in [3.63, 3.8) is 0 Å². The summed E-state index contributed by atoms with van der Waals surface area (Å²) in [5.41, 5.74) is 2.71. The highest BCUT2D eigenvalue weighted by Crippen LogP contribution is 2.28. The summed E-state index contributed by atoms with van der Waals surface area (Å²) in [6.45, 7) is 2.41. The van der Waals surface area contributed by atoms with Crippen LogP contribution in [0.15, 0.2) is 48.5 Å². The molecule has 3 aromatic rings. The number of amides is 3. The highest BCUT2D eigenvalue weighted by Gasteiger charge is 2.34. The summed E-state index contributed by atoms with van der Waals surface area (Å²) in [4.78, 5) is 35.4. The maximum absolute atomic E-state index is 13.0. The first kappa shape index (κ1) is 17.5. The number of aromatic nitrogens is 2. The van der Waals surface area contributed by atoms with Gasteiger partial charge in [-0.15, -0.1) is 0 Å². The summed E-state index contributed by atoms with van der Waals surface area (Å²) in [7, 11) is 1.61. The number of imidazole rings is 1. The molecule has 2 aromatic carbocycles. The molecule has 0 spiro atoms. The van der Waals surface area contributed by atoms with Crippen molar-refractivity contribution >= 4 is 34.6 Å². The molecule has 3 heterocycles. The Morgan fingerprint density at radius 1 is 1.03 bits per heavy atom. The average Bonchev–Trinajstić information content (AvgIpc) is 3.42. The fraction of sp³-hybridized carbons (Fsp3) is 0.286. The second-order valence-corrected chi connectivity index (χ2v) is 7.15. The minimum absolute atomic E-state index is 0.0503. The lowest BCUT2D eigenvalue weighted by molar-refractivity contribution is -0.119. The Bertz CT molecular complexity index is 1090. The van der Waals surface area contributed by atoms with Gasteiger partial charge in [-0.25, -0.2) is 9.78 Å². The zero-order chi connectivity index (χ0) is 20.0. The lowest BCUT2D eigenvalue weighted by Crippen LogP contribution is -2.42. The van der Waals surface area contributed by atoms with Crippen LogP contribution in [0.25, 0.3) is 11.0 Å². The molecule has 5 rings (SSSR count). The summed E-state index contributed by atoms with van der Waals surface area (Å²) >= 11 is 0. The standard InChI is InChI=1S/C21H21N5O3/c1-29-16-8-6-15(7-9-16)24-11-10-23(21(24)28)14-19(27)26-13-12-25-18-5-3-2-4-17(18)22-20(25)26/h2-9H,10-14H2,1H3. The predicted octanol–water partition coefficient (Wildman–Crippen LogP) is 2.33. The molecule has 1 aromatic heterocycles. The number of benzene rings is 2. The van der Waals surface area contributed by atoms with Crippen LogP contribution in [0.5, 0.6) is 5.75 Å². The molecule has 148 valence electrons. The number of methoxy groups -OCH3 is 1. The molecule has 0 saturated carbocycles. The second kappa shape index (κ2) is 6.80. The van der Waals surface area contributed by atoms with Crippen LogP contribution in [0.2, 0.25) is 0 Å². The van der Waals surface area contributed by atoms with Crippen molar-refractivity contribution < 1.29 is 14.3 Å². The van der Waals surface area contributed by atoms with Crippen LogP contribution in [0.4, 0.5) is 16.4 Å². The van der Waals surface area contributed by atoms with E-state index >= 15 is 0 Å². The van der Waals surface area contributed by atoms with E-state index in [-0.39, 0.29) is 18.5 Å². The lowest BCUT2D eigenvalue weighted by atomic mass is 10.3. The Kier molecular flexibility index (Phi) is 4.12. The molecule has 0 aliphatic carbocycles. The third kappa shape index (κ3) is 2.88. The molecular formula is C21H21N5O3. The summed E-state index contributed by atoms with van der Waals surface area (Å²) in [6.07, 6.45) is 0. The van der Waals surface area contributed by atoms with Crippen LogP contribution in [-0.2, 0) is 11.3 Å². The summed E-state index contributed by atoms with van der Waals surface area (Å²) in [5, 5.41) is 0. The minimum atomic E-state index is -0.156. The molecule has 8 nitrogen and oxygen atoms in total. The zero-order valence-electron chi connectivity index (χ0n) is 16.1. The average molecular weight is 391 g/mol. The van der Waals surface area contributed by atoms with E-state index in [1.165, 1.54) is 0 Å². The number of fused-ring (bicyclic) bond motifs is 3. The number of anilines is 2. The Hall–Kier alpha value is -3.55. The maximum atomic E-state index is 13.0. The molecular weight excluding hydrogens is 370 g/mol. The molecule has 0 N–H and O–H groups in total. The Labute approximate surface area is 167 Å². The largest absolute Gasteiger partial charge is 0.497 e. The van der Waals surface area contributed by atoms with Crippen molar-refractivity contribution in [3.8, 4) is 5.75 Å². The van der Waals surface area contributed by atoms with Crippen molar-refractivity contribution in [1.29, 1.82) is 0 Å². The number of nitrogens with zero attached hydrogens (tertiary/aromatic N) is 5. The summed E-state index contributed by atoms with van der Waals surface area (Å²) in [5.74, 6) is 1.29. The quantitative estimate of drug-likeness (QED) is 0.684. The molecule has 0 bridgehead atoms. The van der Waals surface area contributed by atoms with Gasteiger partial charge in [0.1, 0.15) is 12.3 Å². The van der Waals surface area contributed by atoms with Gasteiger partial charge in [0.15, 0.2) is 0 Å². The van der Waals surface area contributed by atoms with Gasteiger partial charge >= 0.3 is 6.03 Å². The zero-order valence-corrected chi connectivity index (χ0v) is 16.1. The molecule has 2 aliphatic rings. The fourth-order valence-electron chi connectivity index (χ4n) is 4.01. The van der Waals surface area contributed by atoms with Crippen molar-refractivity contribution in [3.05, 3.63) is 48.5 Å². The van der Waals surface area contributed by atoms with E-state index in [0.29, 0.717) is 32.1 Å². The Morgan fingerprint density at radius 3 is 2.62 bits per heavy atom. The van der Waals surface area contributed by atoms with Crippen molar-refractivity contribution in [1.82, 2.24) is 14.5 Å². The number of ether oxygens (including phenoxy) is 1. The summed E-state index contributed by atoms with van der Waals surface area (Å²) < 4.78 is 7.23. The van der Waals surface area contributed by atoms with E-state index in [1.807, 2.05) is 48.5 Å². The monoisotopic (exact) mass is 391 g/mol. The number of carbonyl (C=O) groups is 2. The molecule has 2 aliphatic heterocycles. The van der Waals surface area contributed by atoms with Gasteiger partial charge in [0.25, 0.3) is 0 Å².